The van der Waals surface area contributed by atoms with Crippen molar-refractivity contribution in [3.05, 3.63) is 70.3 Å². The van der Waals surface area contributed by atoms with E-state index in [-0.39, 0.29) is 17.4 Å². The SMILES string of the molecule is C[C@@H]1[C@@H](C)C/C=C/[C@H](OCCCC2COC2)[C@@H]2CC[C@H]2CN2C[C@@]3(CCCc4cc(Cl)ccc43)COc3ccc(cc32)C(=O)NS1(=O)=O. The molecule has 2 fully saturated rings. The van der Waals surface area contributed by atoms with Gasteiger partial charge in [0.05, 0.1) is 36.9 Å². The van der Waals surface area contributed by atoms with Gasteiger partial charge in [0.2, 0.25) is 10.0 Å². The number of anilines is 1. The van der Waals surface area contributed by atoms with Crippen molar-refractivity contribution in [2.75, 3.05) is 44.4 Å². The number of benzene rings is 2. The van der Waals surface area contributed by atoms with Crippen molar-refractivity contribution in [3.63, 3.8) is 0 Å². The number of hydrogen-bond donors (Lipinski definition) is 1. The number of fused-ring (bicyclic) bond motifs is 4. The molecule has 3 aliphatic heterocycles. The molecule has 0 radical (unpaired) electrons. The van der Waals surface area contributed by atoms with Crippen molar-refractivity contribution in [2.24, 2.45) is 23.7 Å². The zero-order valence-electron chi connectivity index (χ0n) is 28.2. The Balaban J connectivity index is 1.23. The van der Waals surface area contributed by atoms with Gasteiger partial charge in [0.25, 0.3) is 5.91 Å². The first kappa shape index (κ1) is 33.9. The summed E-state index contributed by atoms with van der Waals surface area (Å²) in [7, 11) is -3.91. The molecule has 0 aromatic heterocycles. The second kappa shape index (κ2) is 14.0. The van der Waals surface area contributed by atoms with Crippen molar-refractivity contribution >= 4 is 33.2 Å². The third-order valence-electron chi connectivity index (χ3n) is 11.8. The number of rotatable bonds is 5. The molecule has 6 atom stereocenters. The van der Waals surface area contributed by atoms with E-state index in [1.54, 1.807) is 13.0 Å². The fourth-order valence-corrected chi connectivity index (χ4v) is 9.84. The minimum atomic E-state index is -3.91. The van der Waals surface area contributed by atoms with E-state index >= 15 is 0 Å². The van der Waals surface area contributed by atoms with Crippen LogP contribution in [0.3, 0.4) is 0 Å². The van der Waals surface area contributed by atoms with Crippen LogP contribution >= 0.6 is 11.6 Å². The van der Waals surface area contributed by atoms with E-state index in [4.69, 9.17) is 25.8 Å². The van der Waals surface area contributed by atoms with Crippen molar-refractivity contribution < 1.29 is 27.4 Å². The summed E-state index contributed by atoms with van der Waals surface area (Å²) >= 11 is 6.45. The molecule has 260 valence electrons. The van der Waals surface area contributed by atoms with E-state index in [2.05, 4.69) is 33.9 Å². The number of nitrogens with one attached hydrogen (secondary N) is 1. The summed E-state index contributed by atoms with van der Waals surface area (Å²) in [5.41, 5.74) is 3.48. The van der Waals surface area contributed by atoms with Gasteiger partial charge in [-0.2, -0.15) is 0 Å². The lowest BCUT2D eigenvalue weighted by Gasteiger charge is -2.46. The molecule has 2 aliphatic carbocycles. The molecule has 48 heavy (non-hydrogen) atoms. The van der Waals surface area contributed by atoms with Gasteiger partial charge in [0, 0.05) is 41.6 Å². The number of aryl methyl sites for hydroxylation is 1. The van der Waals surface area contributed by atoms with E-state index in [1.807, 2.05) is 25.1 Å². The van der Waals surface area contributed by atoms with E-state index in [1.165, 1.54) is 11.1 Å². The topological polar surface area (TPSA) is 94.2 Å². The molecule has 1 saturated carbocycles. The Morgan fingerprint density at radius 3 is 2.75 bits per heavy atom. The van der Waals surface area contributed by atoms with Crippen molar-refractivity contribution in [1.82, 2.24) is 4.72 Å². The van der Waals surface area contributed by atoms with Gasteiger partial charge >= 0.3 is 0 Å². The molecule has 0 unspecified atom stereocenters. The van der Waals surface area contributed by atoms with Crippen molar-refractivity contribution in [2.45, 2.75) is 82.0 Å². The average molecular weight is 697 g/mol. The zero-order valence-corrected chi connectivity index (χ0v) is 29.7. The van der Waals surface area contributed by atoms with Crippen LogP contribution in [-0.2, 0) is 31.3 Å². The van der Waals surface area contributed by atoms with Crippen molar-refractivity contribution in [3.8, 4) is 5.75 Å². The minimum absolute atomic E-state index is 0.0337. The summed E-state index contributed by atoms with van der Waals surface area (Å²) in [5, 5.41) is 0.000276. The Bertz CT molecular complexity index is 1640. The number of carbonyl (C=O) groups is 1. The number of allylic oxidation sites excluding steroid dienone is 1. The highest BCUT2D eigenvalue weighted by Crippen LogP contribution is 2.47. The first-order valence-electron chi connectivity index (χ1n) is 17.8. The summed E-state index contributed by atoms with van der Waals surface area (Å²) in [6.45, 7) is 8.08. The predicted molar refractivity (Wildman–Crippen MR) is 188 cm³/mol. The number of carbonyl (C=O) groups excluding carboxylic acids is 1. The van der Waals surface area contributed by atoms with E-state index < -0.39 is 21.2 Å². The van der Waals surface area contributed by atoms with Crippen LogP contribution in [0.25, 0.3) is 0 Å². The summed E-state index contributed by atoms with van der Waals surface area (Å²) in [6, 6.07) is 11.6. The lowest BCUT2D eigenvalue weighted by Crippen LogP contribution is -2.49. The van der Waals surface area contributed by atoms with Crippen molar-refractivity contribution in [1.29, 1.82) is 0 Å². The highest BCUT2D eigenvalue weighted by Gasteiger charge is 2.44. The highest BCUT2D eigenvalue weighted by atomic mass is 35.5. The molecule has 1 spiro atoms. The number of halogens is 1. The summed E-state index contributed by atoms with van der Waals surface area (Å²) in [4.78, 5) is 15.9. The summed E-state index contributed by atoms with van der Waals surface area (Å²) < 4.78 is 47.8. The third-order valence-corrected chi connectivity index (χ3v) is 13.9. The second-order valence-electron chi connectivity index (χ2n) is 15.0. The Labute approximate surface area is 290 Å². The Morgan fingerprint density at radius 2 is 1.98 bits per heavy atom. The molecule has 2 aromatic carbocycles. The Morgan fingerprint density at radius 1 is 1.12 bits per heavy atom. The maximum Gasteiger partial charge on any atom is 0.264 e. The van der Waals surface area contributed by atoms with Gasteiger partial charge in [-0.3, -0.25) is 4.79 Å². The van der Waals surface area contributed by atoms with Crippen LogP contribution in [0, 0.1) is 23.7 Å². The Hall–Kier alpha value is -2.59. The normalized spacial score (nSPS) is 32.4. The molecule has 2 bridgehead atoms. The number of nitrogens with zero attached hydrogens (tertiary/aromatic N) is 1. The lowest BCUT2D eigenvalue weighted by molar-refractivity contribution is -0.0469. The standard InChI is InChI=1S/C38H49ClN2O6S/c1-25-6-3-9-35(46-17-5-7-27-21-45-22-27)32-13-10-30(32)20-41-23-38(16-4-8-28-18-31(39)12-14-33(28)38)24-47-36-15-11-29(19-34(36)41)37(42)40-48(43,44)26(25)2/h3,9,11-12,14-15,18-19,25-27,30,32,35H,4-8,10,13,16-17,20-24H2,1-2H3,(H,40,42)/b9-3+/t25-,26+,30-,32+,35-,38-/m0/s1. The van der Waals surface area contributed by atoms with Crippen LogP contribution in [0.15, 0.2) is 48.6 Å². The molecule has 8 nitrogen and oxygen atoms in total. The lowest BCUT2D eigenvalue weighted by atomic mass is 9.68. The fraction of sp³-hybridized carbons (Fsp3) is 0.605. The fourth-order valence-electron chi connectivity index (χ4n) is 8.36. The van der Waals surface area contributed by atoms with E-state index in [0.717, 1.165) is 87.7 Å². The third kappa shape index (κ3) is 6.90. The zero-order chi connectivity index (χ0) is 33.5. The second-order valence-corrected chi connectivity index (χ2v) is 17.5. The maximum atomic E-state index is 13.5. The number of amides is 1. The first-order valence-corrected chi connectivity index (χ1v) is 19.8. The molecule has 1 amide bonds. The van der Waals surface area contributed by atoms with Gasteiger partial charge in [0.1, 0.15) is 5.75 Å². The van der Waals surface area contributed by atoms with Gasteiger partial charge < -0.3 is 19.1 Å². The molecule has 7 rings (SSSR count). The Kier molecular flexibility index (Phi) is 9.86. The van der Waals surface area contributed by atoms with Gasteiger partial charge in [-0.25, -0.2) is 13.1 Å². The van der Waals surface area contributed by atoms with Crippen LogP contribution in [0.4, 0.5) is 5.69 Å². The van der Waals surface area contributed by atoms with Gasteiger partial charge in [-0.1, -0.05) is 36.7 Å². The van der Waals surface area contributed by atoms with Crippen LogP contribution in [0.2, 0.25) is 5.02 Å². The molecule has 2 aromatic rings. The molecule has 1 saturated heterocycles. The monoisotopic (exact) mass is 696 g/mol. The molecule has 5 aliphatic rings. The number of hydrogen-bond acceptors (Lipinski definition) is 7. The molecule has 10 heteroatoms. The first-order chi connectivity index (χ1) is 23.1. The summed E-state index contributed by atoms with van der Waals surface area (Å²) in [5.74, 6) is 1.32. The maximum absolute atomic E-state index is 13.5. The number of ether oxygens (including phenoxy) is 3. The predicted octanol–water partition coefficient (Wildman–Crippen LogP) is 6.70. The van der Waals surface area contributed by atoms with Gasteiger partial charge in [-0.15, -0.1) is 0 Å². The van der Waals surface area contributed by atoms with Gasteiger partial charge in [-0.05, 0) is 118 Å². The largest absolute Gasteiger partial charge is 0.490 e. The molecular weight excluding hydrogens is 648 g/mol. The minimum Gasteiger partial charge on any atom is -0.490 e. The van der Waals surface area contributed by atoms with E-state index in [0.29, 0.717) is 43.0 Å². The summed E-state index contributed by atoms with van der Waals surface area (Å²) in [6.07, 6.45) is 12.2. The average Bonchev–Trinajstić information content (AvgIpc) is 3.17. The molecule has 3 heterocycles. The van der Waals surface area contributed by atoms with Crippen LogP contribution in [0.1, 0.15) is 80.3 Å². The molecule has 1 N–H and O–H groups in total. The smallest absolute Gasteiger partial charge is 0.264 e. The number of sulfonamides is 1. The van der Waals surface area contributed by atoms with Crippen LogP contribution in [-0.4, -0.2) is 65.2 Å². The quantitative estimate of drug-likeness (QED) is 0.275. The molecular formula is C38H49ClN2O6S. The van der Waals surface area contributed by atoms with E-state index in [9.17, 15) is 13.2 Å². The van der Waals surface area contributed by atoms with Crippen LogP contribution in [0.5, 0.6) is 5.75 Å². The highest BCUT2D eigenvalue weighted by molar-refractivity contribution is 7.90. The van der Waals surface area contributed by atoms with Crippen LogP contribution < -0.4 is 14.4 Å². The van der Waals surface area contributed by atoms with Gasteiger partial charge in [0.15, 0.2) is 0 Å².